The van der Waals surface area contributed by atoms with Gasteiger partial charge in [-0.15, -0.1) is 11.8 Å². The smallest absolute Gasteiger partial charge is 0.327 e. The van der Waals surface area contributed by atoms with E-state index in [0.717, 1.165) is 33.3 Å². The second kappa shape index (κ2) is 5.56. The van der Waals surface area contributed by atoms with Crippen molar-refractivity contribution < 1.29 is 4.79 Å². The first-order chi connectivity index (χ1) is 12.3. The topological polar surface area (TPSA) is 71.0 Å². The Morgan fingerprint density at radius 3 is 2.96 bits per heavy atom. The van der Waals surface area contributed by atoms with Crippen molar-refractivity contribution in [2.45, 2.75) is 11.1 Å². The number of pyridine rings is 1. The van der Waals surface area contributed by atoms with Crippen LogP contribution in [0.15, 0.2) is 59.9 Å². The Balaban J connectivity index is 1.64. The first-order valence-corrected chi connectivity index (χ1v) is 8.90. The highest BCUT2D eigenvalue weighted by atomic mass is 32.2. The lowest BCUT2D eigenvalue weighted by atomic mass is 10.0. The Morgan fingerprint density at radius 1 is 1.20 bits per heavy atom. The maximum atomic E-state index is 12.7. The van der Waals surface area contributed by atoms with Crippen molar-refractivity contribution in [3.8, 4) is 11.3 Å². The molecule has 0 aliphatic carbocycles. The predicted octanol–water partition coefficient (Wildman–Crippen LogP) is 3.55. The number of hydrogen-bond donors (Lipinski definition) is 1. The third-order valence-electron chi connectivity index (χ3n) is 4.38. The van der Waals surface area contributed by atoms with Gasteiger partial charge in [0, 0.05) is 23.1 Å². The van der Waals surface area contributed by atoms with E-state index in [9.17, 15) is 4.79 Å². The Kier molecular flexibility index (Phi) is 3.21. The van der Waals surface area contributed by atoms with Crippen molar-refractivity contribution in [2.75, 3.05) is 10.7 Å². The Bertz CT molecular complexity index is 978. The van der Waals surface area contributed by atoms with Crippen LogP contribution in [0.5, 0.6) is 0 Å². The van der Waals surface area contributed by atoms with Crippen molar-refractivity contribution in [3.63, 3.8) is 0 Å². The molecule has 1 aromatic carbocycles. The molecule has 2 aliphatic rings. The molecule has 0 saturated carbocycles. The molecule has 2 amide bonds. The minimum Gasteiger partial charge on any atom is -0.330 e. The van der Waals surface area contributed by atoms with E-state index in [4.69, 9.17) is 0 Å². The SMILES string of the molecule is O=C1NC2CSc3nccc(c32)N1c1cnnc(-c2ccccc2)c1. The molecule has 122 valence electrons. The van der Waals surface area contributed by atoms with Crippen molar-refractivity contribution in [2.24, 2.45) is 0 Å². The summed E-state index contributed by atoms with van der Waals surface area (Å²) in [5.74, 6) is 0.822. The first kappa shape index (κ1) is 14.4. The molecule has 6 nitrogen and oxygen atoms in total. The van der Waals surface area contributed by atoms with Gasteiger partial charge in [-0.3, -0.25) is 4.90 Å². The predicted molar refractivity (Wildman–Crippen MR) is 95.8 cm³/mol. The molecule has 0 bridgehead atoms. The number of thioether (sulfide) groups is 1. The number of amides is 2. The van der Waals surface area contributed by atoms with Gasteiger partial charge >= 0.3 is 6.03 Å². The van der Waals surface area contributed by atoms with E-state index in [1.54, 1.807) is 29.1 Å². The van der Waals surface area contributed by atoms with Crippen LogP contribution >= 0.6 is 11.8 Å². The second-order valence-electron chi connectivity index (χ2n) is 5.86. The van der Waals surface area contributed by atoms with Gasteiger partial charge in [0.1, 0.15) is 5.03 Å². The summed E-state index contributed by atoms with van der Waals surface area (Å²) in [5.41, 5.74) is 4.34. The number of aromatic nitrogens is 3. The molecule has 0 radical (unpaired) electrons. The highest BCUT2D eigenvalue weighted by Gasteiger charge is 2.37. The number of carbonyl (C=O) groups excluding carboxylic acids is 1. The van der Waals surface area contributed by atoms with Gasteiger partial charge in [-0.2, -0.15) is 10.2 Å². The summed E-state index contributed by atoms with van der Waals surface area (Å²) < 4.78 is 0. The van der Waals surface area contributed by atoms with E-state index >= 15 is 0 Å². The highest BCUT2D eigenvalue weighted by molar-refractivity contribution is 7.99. The average molecular weight is 347 g/mol. The molecular formula is C18H13N5OS. The molecule has 0 saturated heterocycles. The first-order valence-electron chi connectivity index (χ1n) is 7.92. The average Bonchev–Trinajstić information content (AvgIpc) is 3.07. The van der Waals surface area contributed by atoms with Crippen LogP contribution in [0, 0.1) is 0 Å². The summed E-state index contributed by atoms with van der Waals surface area (Å²) >= 11 is 1.67. The monoisotopic (exact) mass is 347 g/mol. The molecule has 3 aromatic rings. The van der Waals surface area contributed by atoms with Crippen LogP contribution in [0.4, 0.5) is 16.2 Å². The largest absolute Gasteiger partial charge is 0.330 e. The number of nitrogens with zero attached hydrogens (tertiary/aromatic N) is 4. The Labute approximate surface area is 148 Å². The lowest BCUT2D eigenvalue weighted by Gasteiger charge is -2.32. The molecule has 2 aliphatic heterocycles. The molecule has 1 atom stereocenters. The number of benzene rings is 1. The molecule has 4 heterocycles. The van der Waals surface area contributed by atoms with E-state index in [1.807, 2.05) is 42.5 Å². The van der Waals surface area contributed by atoms with Crippen LogP contribution in [0.25, 0.3) is 11.3 Å². The molecule has 25 heavy (non-hydrogen) atoms. The van der Waals surface area contributed by atoms with E-state index in [1.165, 1.54) is 0 Å². The number of hydrogen-bond acceptors (Lipinski definition) is 5. The molecule has 0 fully saturated rings. The van der Waals surface area contributed by atoms with Crippen LogP contribution in [0.1, 0.15) is 11.6 Å². The lowest BCUT2D eigenvalue weighted by molar-refractivity contribution is 0.244. The van der Waals surface area contributed by atoms with E-state index in [2.05, 4.69) is 20.5 Å². The van der Waals surface area contributed by atoms with Gasteiger partial charge in [-0.25, -0.2) is 9.78 Å². The maximum absolute atomic E-state index is 12.7. The fourth-order valence-corrected chi connectivity index (χ4v) is 4.36. The zero-order chi connectivity index (χ0) is 16.8. The molecular weight excluding hydrogens is 334 g/mol. The molecule has 1 unspecified atom stereocenters. The van der Waals surface area contributed by atoms with Gasteiger partial charge in [-0.1, -0.05) is 30.3 Å². The minimum atomic E-state index is -0.149. The summed E-state index contributed by atoms with van der Waals surface area (Å²) in [7, 11) is 0. The highest BCUT2D eigenvalue weighted by Crippen LogP contribution is 2.46. The zero-order valence-corrected chi connectivity index (χ0v) is 13.9. The number of carbonyl (C=O) groups is 1. The molecule has 2 aromatic heterocycles. The quantitative estimate of drug-likeness (QED) is 0.768. The number of nitrogens with one attached hydrogen (secondary N) is 1. The number of rotatable bonds is 2. The summed E-state index contributed by atoms with van der Waals surface area (Å²) in [5, 5.41) is 12.4. The lowest BCUT2D eigenvalue weighted by Crippen LogP contribution is -2.44. The van der Waals surface area contributed by atoms with Crippen molar-refractivity contribution >= 4 is 29.2 Å². The normalized spacial score (nSPS) is 18.0. The van der Waals surface area contributed by atoms with Crippen molar-refractivity contribution in [1.29, 1.82) is 0 Å². The van der Waals surface area contributed by atoms with Crippen molar-refractivity contribution in [1.82, 2.24) is 20.5 Å². The van der Waals surface area contributed by atoms with Crippen LogP contribution in [0.2, 0.25) is 0 Å². The molecule has 1 N–H and O–H groups in total. The summed E-state index contributed by atoms with van der Waals surface area (Å²) in [6.07, 6.45) is 3.36. The van der Waals surface area contributed by atoms with Crippen LogP contribution in [-0.4, -0.2) is 27.0 Å². The van der Waals surface area contributed by atoms with Crippen LogP contribution < -0.4 is 10.2 Å². The fraction of sp³-hybridized carbons (Fsp3) is 0.111. The van der Waals surface area contributed by atoms with Gasteiger partial charge in [0.25, 0.3) is 0 Å². The fourth-order valence-electron chi connectivity index (χ4n) is 3.25. The maximum Gasteiger partial charge on any atom is 0.327 e. The van der Waals surface area contributed by atoms with Crippen molar-refractivity contribution in [3.05, 3.63) is 60.4 Å². The standard InChI is InChI=1S/C18H13N5OS/c24-18-21-14-10-25-17-16(14)15(6-7-19-17)23(18)12-8-13(22-20-9-12)11-4-2-1-3-5-11/h1-9,14H,10H2,(H,21,24). The van der Waals surface area contributed by atoms with Gasteiger partial charge in [-0.05, 0) is 12.1 Å². The summed E-state index contributed by atoms with van der Waals surface area (Å²) in [4.78, 5) is 18.8. The molecule has 7 heteroatoms. The van der Waals surface area contributed by atoms with Gasteiger partial charge < -0.3 is 5.32 Å². The van der Waals surface area contributed by atoms with Crippen LogP contribution in [-0.2, 0) is 0 Å². The number of anilines is 2. The van der Waals surface area contributed by atoms with E-state index in [-0.39, 0.29) is 12.1 Å². The van der Waals surface area contributed by atoms with Gasteiger partial charge in [0.15, 0.2) is 0 Å². The molecule has 5 rings (SSSR count). The zero-order valence-electron chi connectivity index (χ0n) is 13.1. The van der Waals surface area contributed by atoms with E-state index < -0.39 is 0 Å². The summed E-state index contributed by atoms with van der Waals surface area (Å²) in [6.45, 7) is 0. The summed E-state index contributed by atoms with van der Waals surface area (Å²) in [6, 6.07) is 13.5. The third-order valence-corrected chi connectivity index (χ3v) is 5.47. The molecule has 0 spiro atoms. The van der Waals surface area contributed by atoms with Crippen LogP contribution in [0.3, 0.4) is 0 Å². The van der Waals surface area contributed by atoms with Gasteiger partial charge in [0.05, 0.1) is 29.3 Å². The Hall–Kier alpha value is -2.93. The second-order valence-corrected chi connectivity index (χ2v) is 6.87. The van der Waals surface area contributed by atoms with E-state index in [0.29, 0.717) is 5.69 Å². The number of urea groups is 1. The van der Waals surface area contributed by atoms with Gasteiger partial charge in [0.2, 0.25) is 0 Å². The Morgan fingerprint density at radius 2 is 2.08 bits per heavy atom. The third kappa shape index (κ3) is 2.27. The minimum absolute atomic E-state index is 0.0239.